The maximum atomic E-state index is 14.3. The molecule has 0 bridgehead atoms. The molecule has 1 aromatic heterocycles. The fraction of sp³-hybridized carbons (Fsp3) is 0.706. The van der Waals surface area contributed by atoms with Gasteiger partial charge in [0.05, 0.1) is 12.3 Å². The van der Waals surface area contributed by atoms with E-state index in [0.29, 0.717) is 0 Å². The van der Waals surface area contributed by atoms with Gasteiger partial charge in [-0.15, -0.1) is 0 Å². The van der Waals surface area contributed by atoms with Crippen molar-refractivity contribution >= 4 is 11.9 Å². The molecule has 0 aromatic carbocycles. The Hall–Kier alpha value is -2.04. The molecule has 0 saturated carbocycles. The minimum absolute atomic E-state index is 0.0518. The van der Waals surface area contributed by atoms with Gasteiger partial charge in [-0.05, 0) is 18.8 Å². The number of aromatic nitrogens is 2. The molecule has 1 aliphatic heterocycles. The molecule has 3 N–H and O–H groups in total. The van der Waals surface area contributed by atoms with Crippen LogP contribution in [0.15, 0.2) is 11.0 Å². The van der Waals surface area contributed by atoms with Crippen LogP contribution in [0, 0.1) is 17.7 Å². The lowest BCUT2D eigenvalue weighted by Gasteiger charge is -2.24. The Kier molecular flexibility index (Phi) is 6.55. The molecule has 1 amide bonds. The first-order valence-electron chi connectivity index (χ1n) is 8.80. The van der Waals surface area contributed by atoms with Crippen LogP contribution in [0.3, 0.4) is 0 Å². The standard InChI is InChI=1S/C17H26FN3O6/c1-7(2)13(8(3)4)27-17(25)20-14-10(18)6-21(16(24)19-14)15-12(23)11(22)9(5)26-15/h6-9,11-13,15,22-23H,1-5H3,(H,19,20,24,25)/t9-,11?,12?,15-/m1/s1. The third-order valence-electron chi connectivity index (χ3n) is 4.44. The van der Waals surface area contributed by atoms with E-state index in [1.165, 1.54) is 6.92 Å². The number of rotatable bonds is 5. The molecule has 1 aliphatic rings. The van der Waals surface area contributed by atoms with Crippen molar-refractivity contribution in [3.63, 3.8) is 0 Å². The number of amides is 1. The zero-order chi connectivity index (χ0) is 20.5. The molecule has 9 nitrogen and oxygen atoms in total. The summed E-state index contributed by atoms with van der Waals surface area (Å²) in [6, 6.07) is 0. The van der Waals surface area contributed by atoms with Crippen molar-refractivity contribution in [1.82, 2.24) is 9.55 Å². The summed E-state index contributed by atoms with van der Waals surface area (Å²) < 4.78 is 25.6. The van der Waals surface area contributed by atoms with Crippen LogP contribution >= 0.6 is 0 Å². The van der Waals surface area contributed by atoms with E-state index in [0.717, 1.165) is 10.8 Å². The number of aliphatic hydroxyl groups is 2. The summed E-state index contributed by atoms with van der Waals surface area (Å²) in [6.07, 6.45) is -5.22. The minimum Gasteiger partial charge on any atom is -0.445 e. The second-order valence-corrected chi connectivity index (χ2v) is 7.32. The number of nitrogens with zero attached hydrogens (tertiary/aromatic N) is 2. The number of hydrogen-bond donors (Lipinski definition) is 3. The van der Waals surface area contributed by atoms with Crippen LogP contribution in [-0.2, 0) is 9.47 Å². The Bertz CT molecular complexity index is 730. The molecule has 2 rings (SSSR count). The van der Waals surface area contributed by atoms with Crippen LogP contribution in [0.2, 0.25) is 0 Å². The van der Waals surface area contributed by atoms with E-state index < -0.39 is 54.1 Å². The number of anilines is 1. The van der Waals surface area contributed by atoms with Gasteiger partial charge < -0.3 is 19.7 Å². The van der Waals surface area contributed by atoms with Gasteiger partial charge in [-0.3, -0.25) is 9.88 Å². The molecule has 1 fully saturated rings. The molecule has 27 heavy (non-hydrogen) atoms. The molecule has 10 heteroatoms. The van der Waals surface area contributed by atoms with Gasteiger partial charge in [0.15, 0.2) is 17.9 Å². The highest BCUT2D eigenvalue weighted by Gasteiger charge is 2.42. The van der Waals surface area contributed by atoms with Crippen molar-refractivity contribution in [2.24, 2.45) is 11.8 Å². The SMILES string of the molecule is CC(C)C(OC(=O)Nc1nc(=O)n([C@@H]2O[C@H](C)C(O)C2O)cc1F)C(C)C. The smallest absolute Gasteiger partial charge is 0.413 e. The zero-order valence-electron chi connectivity index (χ0n) is 15.9. The minimum atomic E-state index is -1.42. The highest BCUT2D eigenvalue weighted by molar-refractivity contribution is 5.83. The maximum absolute atomic E-state index is 14.3. The van der Waals surface area contributed by atoms with E-state index in [1.807, 2.05) is 27.7 Å². The van der Waals surface area contributed by atoms with Crippen LogP contribution in [0.4, 0.5) is 15.0 Å². The number of carbonyl (C=O) groups excluding carboxylic acids is 1. The molecule has 0 spiro atoms. The van der Waals surface area contributed by atoms with E-state index in [9.17, 15) is 24.2 Å². The first-order valence-corrected chi connectivity index (χ1v) is 8.80. The molecule has 1 aromatic rings. The predicted octanol–water partition coefficient (Wildman–Crippen LogP) is 1.25. The van der Waals surface area contributed by atoms with Crippen molar-refractivity contribution in [2.75, 3.05) is 5.32 Å². The lowest BCUT2D eigenvalue weighted by atomic mass is 9.96. The van der Waals surface area contributed by atoms with Crippen LogP contribution < -0.4 is 11.0 Å². The van der Waals surface area contributed by atoms with Crippen molar-refractivity contribution < 1.29 is 28.9 Å². The third-order valence-corrected chi connectivity index (χ3v) is 4.44. The highest BCUT2D eigenvalue weighted by Crippen LogP contribution is 2.28. The highest BCUT2D eigenvalue weighted by atomic mass is 19.1. The second-order valence-electron chi connectivity index (χ2n) is 7.32. The van der Waals surface area contributed by atoms with Gasteiger partial charge in [-0.1, -0.05) is 27.7 Å². The van der Waals surface area contributed by atoms with Gasteiger partial charge in [0.25, 0.3) is 0 Å². The summed E-state index contributed by atoms with van der Waals surface area (Å²) in [7, 11) is 0. The number of hydrogen-bond acceptors (Lipinski definition) is 7. The van der Waals surface area contributed by atoms with Crippen LogP contribution in [-0.4, -0.2) is 50.3 Å². The molecule has 0 aliphatic carbocycles. The average Bonchev–Trinajstić information content (AvgIpc) is 2.82. The monoisotopic (exact) mass is 387 g/mol. The zero-order valence-corrected chi connectivity index (χ0v) is 15.9. The Labute approximate surface area is 156 Å². The predicted molar refractivity (Wildman–Crippen MR) is 93.6 cm³/mol. The van der Waals surface area contributed by atoms with Gasteiger partial charge in [-0.2, -0.15) is 4.98 Å². The fourth-order valence-corrected chi connectivity index (χ4v) is 3.06. The van der Waals surface area contributed by atoms with Crippen molar-refractivity contribution in [2.45, 2.75) is 65.3 Å². The number of aliphatic hydroxyl groups excluding tert-OH is 2. The summed E-state index contributed by atoms with van der Waals surface area (Å²) in [6.45, 7) is 9.07. The summed E-state index contributed by atoms with van der Waals surface area (Å²) in [5, 5.41) is 21.8. The summed E-state index contributed by atoms with van der Waals surface area (Å²) in [5.74, 6) is -1.50. The molecule has 4 atom stereocenters. The maximum Gasteiger partial charge on any atom is 0.413 e. The molecular weight excluding hydrogens is 361 g/mol. The lowest BCUT2D eigenvalue weighted by molar-refractivity contribution is -0.0355. The van der Waals surface area contributed by atoms with E-state index in [2.05, 4.69) is 10.3 Å². The molecule has 2 heterocycles. The first kappa shape index (κ1) is 21.3. The average molecular weight is 387 g/mol. The summed E-state index contributed by atoms with van der Waals surface area (Å²) in [4.78, 5) is 27.7. The quantitative estimate of drug-likeness (QED) is 0.695. The van der Waals surface area contributed by atoms with E-state index in [1.54, 1.807) is 0 Å². The molecule has 1 saturated heterocycles. The van der Waals surface area contributed by atoms with E-state index in [4.69, 9.17) is 9.47 Å². The first-order chi connectivity index (χ1) is 12.5. The van der Waals surface area contributed by atoms with Crippen molar-refractivity contribution in [1.29, 1.82) is 0 Å². The van der Waals surface area contributed by atoms with Crippen LogP contribution in [0.1, 0.15) is 40.8 Å². The molecule has 2 unspecified atom stereocenters. The van der Waals surface area contributed by atoms with Crippen molar-refractivity contribution in [3.05, 3.63) is 22.5 Å². The Morgan fingerprint density at radius 3 is 2.37 bits per heavy atom. The van der Waals surface area contributed by atoms with Gasteiger partial charge in [-0.25, -0.2) is 14.0 Å². The number of ether oxygens (including phenoxy) is 2. The van der Waals surface area contributed by atoms with Gasteiger partial charge >= 0.3 is 11.8 Å². The lowest BCUT2D eigenvalue weighted by Crippen LogP contribution is -2.36. The fourth-order valence-electron chi connectivity index (χ4n) is 3.06. The van der Waals surface area contributed by atoms with Crippen LogP contribution in [0.25, 0.3) is 0 Å². The topological polar surface area (TPSA) is 123 Å². The van der Waals surface area contributed by atoms with Gasteiger partial charge in [0.2, 0.25) is 0 Å². The van der Waals surface area contributed by atoms with Gasteiger partial charge in [0, 0.05) is 0 Å². The normalized spacial score (nSPS) is 25.4. The summed E-state index contributed by atoms with van der Waals surface area (Å²) in [5.41, 5.74) is -0.957. The third kappa shape index (κ3) is 4.63. The second kappa shape index (κ2) is 8.32. The molecule has 0 radical (unpaired) electrons. The Balaban J connectivity index is 2.18. The van der Waals surface area contributed by atoms with Gasteiger partial charge in [0.1, 0.15) is 18.3 Å². The van der Waals surface area contributed by atoms with Crippen LogP contribution in [0.5, 0.6) is 0 Å². The van der Waals surface area contributed by atoms with Crippen molar-refractivity contribution in [3.8, 4) is 0 Å². The number of carbonyl (C=O) groups is 1. The Morgan fingerprint density at radius 2 is 1.89 bits per heavy atom. The van der Waals surface area contributed by atoms with E-state index >= 15 is 0 Å². The molecular formula is C17H26FN3O6. The van der Waals surface area contributed by atoms with E-state index in [-0.39, 0.29) is 11.8 Å². The molecule has 152 valence electrons. The summed E-state index contributed by atoms with van der Waals surface area (Å²) >= 11 is 0. The number of nitrogens with one attached hydrogen (secondary N) is 1. The Morgan fingerprint density at radius 1 is 1.30 bits per heavy atom. The largest absolute Gasteiger partial charge is 0.445 e. The number of halogens is 1.